The van der Waals surface area contributed by atoms with Crippen molar-refractivity contribution in [3.8, 4) is 0 Å². The average Bonchev–Trinajstić information content (AvgIpc) is 2.76. The van der Waals surface area contributed by atoms with E-state index in [9.17, 15) is 0 Å². The van der Waals surface area contributed by atoms with E-state index in [-0.39, 0.29) is 0 Å². The molecule has 0 amide bonds. The van der Waals surface area contributed by atoms with Gasteiger partial charge in [-0.1, -0.05) is 24.3 Å². The Morgan fingerprint density at radius 2 is 1.37 bits per heavy atom. The molecule has 1 aliphatic rings. The zero-order valence-electron chi connectivity index (χ0n) is 19.2. The zero-order chi connectivity index (χ0) is 21.7. The van der Waals surface area contributed by atoms with Crippen molar-refractivity contribution in [1.82, 2.24) is 9.80 Å². The lowest BCUT2D eigenvalue weighted by atomic mass is 9.90. The predicted octanol–water partition coefficient (Wildman–Crippen LogP) is 4.63. The Labute approximate surface area is 182 Å². The number of quaternary nitrogens is 1. The van der Waals surface area contributed by atoms with E-state index in [1.165, 1.54) is 39.2 Å². The van der Waals surface area contributed by atoms with Crippen LogP contribution in [0.2, 0.25) is 0 Å². The van der Waals surface area contributed by atoms with Gasteiger partial charge in [-0.05, 0) is 78.2 Å². The maximum absolute atomic E-state index is 3.23. The first kappa shape index (κ1) is 21.9. The van der Waals surface area contributed by atoms with Crippen LogP contribution in [-0.2, 0) is 6.54 Å². The molecule has 1 aliphatic carbocycles. The van der Waals surface area contributed by atoms with E-state index in [4.69, 9.17) is 0 Å². The van der Waals surface area contributed by atoms with Crippen LogP contribution in [0, 0.1) is 0 Å². The van der Waals surface area contributed by atoms with Crippen LogP contribution in [0.25, 0.3) is 5.57 Å². The molecule has 0 spiro atoms. The molecular formula is C27H35N3+2. The molecule has 3 nitrogen and oxygen atoms in total. The van der Waals surface area contributed by atoms with Gasteiger partial charge in [-0.2, -0.15) is 0 Å². The SMILES string of the molecule is CC[N+](C)(C)c1ccc(C(=C2C=CC(=[N+](C)C)C=C2)c2ccc(CNC)cc2)cc1. The fraction of sp³-hybridized carbons (Fsp3) is 0.296. The van der Waals surface area contributed by atoms with Crippen LogP contribution in [0.1, 0.15) is 23.6 Å². The standard InChI is InChI=1S/C27H35N3/c1-7-30(5,6)26-18-14-24(15-19-26)27(22-10-8-21(9-11-22)20-28-2)23-12-16-25(17-13-23)29(3)4/h8-19,28H,7,20H2,1-6H3/q+2. The first-order valence-electron chi connectivity index (χ1n) is 10.7. The van der Waals surface area contributed by atoms with Crippen molar-refractivity contribution in [1.29, 1.82) is 0 Å². The summed E-state index contributed by atoms with van der Waals surface area (Å²) in [6.07, 6.45) is 8.84. The van der Waals surface area contributed by atoms with Crippen molar-refractivity contribution >= 4 is 17.0 Å². The molecule has 0 heterocycles. The van der Waals surface area contributed by atoms with Crippen LogP contribution < -0.4 is 9.80 Å². The Hall–Kier alpha value is -2.75. The first-order valence-corrected chi connectivity index (χ1v) is 10.7. The molecule has 2 aromatic rings. The fourth-order valence-electron chi connectivity index (χ4n) is 3.63. The van der Waals surface area contributed by atoms with Crippen molar-refractivity contribution in [2.75, 3.05) is 41.8 Å². The summed E-state index contributed by atoms with van der Waals surface area (Å²) in [6, 6.07) is 18.0. The molecule has 3 heteroatoms. The Morgan fingerprint density at radius 1 is 0.833 bits per heavy atom. The van der Waals surface area contributed by atoms with Crippen molar-refractivity contribution < 1.29 is 4.58 Å². The lowest BCUT2D eigenvalue weighted by Gasteiger charge is -2.28. The highest BCUT2D eigenvalue weighted by atomic mass is 15.3. The van der Waals surface area contributed by atoms with Gasteiger partial charge in [-0.25, -0.2) is 4.58 Å². The van der Waals surface area contributed by atoms with Gasteiger partial charge < -0.3 is 5.32 Å². The molecule has 0 saturated carbocycles. The largest absolute Gasteiger partial charge is 0.316 e. The number of nitrogens with one attached hydrogen (secondary N) is 1. The van der Waals surface area contributed by atoms with Crippen LogP contribution in [-0.4, -0.2) is 52.1 Å². The topological polar surface area (TPSA) is 15.0 Å². The van der Waals surface area contributed by atoms with Gasteiger partial charge in [0, 0.05) is 18.7 Å². The van der Waals surface area contributed by atoms with Gasteiger partial charge in [0.05, 0.1) is 20.6 Å². The summed E-state index contributed by atoms with van der Waals surface area (Å²) in [4.78, 5) is 0. The number of hydrogen-bond donors (Lipinski definition) is 1. The third kappa shape index (κ3) is 4.86. The third-order valence-electron chi connectivity index (χ3n) is 5.94. The minimum absolute atomic E-state index is 0.881. The molecule has 0 aromatic heterocycles. The monoisotopic (exact) mass is 401 g/mol. The summed E-state index contributed by atoms with van der Waals surface area (Å²) in [5.74, 6) is 0. The highest BCUT2D eigenvalue weighted by Gasteiger charge is 2.18. The smallest absolute Gasteiger partial charge is 0.199 e. The minimum Gasteiger partial charge on any atom is -0.316 e. The molecule has 156 valence electrons. The highest BCUT2D eigenvalue weighted by molar-refractivity contribution is 6.03. The zero-order valence-corrected chi connectivity index (χ0v) is 19.2. The van der Waals surface area contributed by atoms with E-state index in [1.54, 1.807) is 0 Å². The molecule has 30 heavy (non-hydrogen) atoms. The summed E-state index contributed by atoms with van der Waals surface area (Å²) in [7, 11) is 10.6. The van der Waals surface area contributed by atoms with Crippen LogP contribution in [0.4, 0.5) is 5.69 Å². The van der Waals surface area contributed by atoms with Crippen molar-refractivity contribution in [2.24, 2.45) is 0 Å². The van der Waals surface area contributed by atoms with E-state index in [2.05, 4.69) is 118 Å². The van der Waals surface area contributed by atoms with Gasteiger partial charge in [0.25, 0.3) is 0 Å². The number of benzene rings is 2. The first-order chi connectivity index (χ1) is 14.4. The molecule has 1 N–H and O–H groups in total. The molecule has 0 fully saturated rings. The average molecular weight is 402 g/mol. The van der Waals surface area contributed by atoms with E-state index < -0.39 is 0 Å². The number of allylic oxidation sites excluding steroid dienone is 5. The maximum atomic E-state index is 3.23. The molecule has 0 radical (unpaired) electrons. The Balaban J connectivity index is 2.09. The highest BCUT2D eigenvalue weighted by Crippen LogP contribution is 2.31. The number of hydrogen-bond acceptors (Lipinski definition) is 1. The van der Waals surface area contributed by atoms with Gasteiger partial charge in [-0.15, -0.1) is 0 Å². The lowest BCUT2D eigenvalue weighted by molar-refractivity contribution is -0.462. The normalized spacial score (nSPS) is 13.7. The van der Waals surface area contributed by atoms with E-state index in [0.717, 1.165) is 17.6 Å². The third-order valence-corrected chi connectivity index (χ3v) is 5.94. The second-order valence-corrected chi connectivity index (χ2v) is 8.59. The van der Waals surface area contributed by atoms with Gasteiger partial charge in [-0.3, -0.25) is 4.48 Å². The van der Waals surface area contributed by atoms with Crippen molar-refractivity contribution in [2.45, 2.75) is 13.5 Å². The lowest BCUT2D eigenvalue weighted by Crippen LogP contribution is -2.39. The molecule has 0 saturated heterocycles. The van der Waals surface area contributed by atoms with Gasteiger partial charge in [0.15, 0.2) is 5.71 Å². The Bertz CT molecular complexity index is 979. The summed E-state index contributed by atoms with van der Waals surface area (Å²) in [5, 5.41) is 3.23. The van der Waals surface area contributed by atoms with E-state index >= 15 is 0 Å². The molecule has 0 atom stereocenters. The molecule has 3 rings (SSSR count). The molecule has 0 bridgehead atoms. The Kier molecular flexibility index (Phi) is 6.86. The van der Waals surface area contributed by atoms with E-state index in [1.807, 2.05) is 7.05 Å². The molecule has 0 unspecified atom stereocenters. The maximum Gasteiger partial charge on any atom is 0.199 e. The number of rotatable bonds is 6. The second kappa shape index (κ2) is 9.38. The summed E-state index contributed by atoms with van der Waals surface area (Å²) in [5.41, 5.74) is 8.82. The fourth-order valence-corrected chi connectivity index (χ4v) is 3.63. The van der Waals surface area contributed by atoms with E-state index in [0.29, 0.717) is 0 Å². The Morgan fingerprint density at radius 3 is 1.83 bits per heavy atom. The minimum atomic E-state index is 0.881. The van der Waals surface area contributed by atoms with Crippen LogP contribution in [0.5, 0.6) is 0 Å². The summed E-state index contributed by atoms with van der Waals surface area (Å²) in [6.45, 7) is 4.17. The number of nitrogens with zero attached hydrogens (tertiary/aromatic N) is 2. The van der Waals surface area contributed by atoms with Crippen LogP contribution in [0.15, 0.2) is 78.4 Å². The summed E-state index contributed by atoms with van der Waals surface area (Å²) >= 11 is 0. The molecule has 0 aliphatic heterocycles. The van der Waals surface area contributed by atoms with Crippen molar-refractivity contribution in [3.05, 3.63) is 95.1 Å². The quantitative estimate of drug-likeness (QED) is 0.551. The van der Waals surface area contributed by atoms with Gasteiger partial charge in [0.2, 0.25) is 0 Å². The predicted molar refractivity (Wildman–Crippen MR) is 131 cm³/mol. The van der Waals surface area contributed by atoms with Gasteiger partial charge >= 0.3 is 0 Å². The van der Waals surface area contributed by atoms with Crippen molar-refractivity contribution in [3.63, 3.8) is 0 Å². The van der Waals surface area contributed by atoms with Crippen LogP contribution >= 0.6 is 0 Å². The van der Waals surface area contributed by atoms with Crippen LogP contribution in [0.3, 0.4) is 0 Å². The molecule has 2 aromatic carbocycles. The van der Waals surface area contributed by atoms with Gasteiger partial charge in [0.1, 0.15) is 19.8 Å². The molecular weight excluding hydrogens is 366 g/mol. The second-order valence-electron chi connectivity index (χ2n) is 8.59. The summed E-state index contributed by atoms with van der Waals surface area (Å²) < 4.78 is 3.02.